The molecular weight excluding hydrogens is 440 g/mol. The Balaban J connectivity index is 1.55. The van der Waals surface area contributed by atoms with Crippen molar-refractivity contribution in [2.75, 3.05) is 11.8 Å². The van der Waals surface area contributed by atoms with Gasteiger partial charge in [0.25, 0.3) is 21.8 Å². The van der Waals surface area contributed by atoms with Gasteiger partial charge in [0.1, 0.15) is 15.7 Å². The summed E-state index contributed by atoms with van der Waals surface area (Å²) in [6.45, 7) is 3.57. The molecular formula is C20H18N4O5S2. The van der Waals surface area contributed by atoms with Gasteiger partial charge in [-0.3, -0.25) is 19.2 Å². The van der Waals surface area contributed by atoms with Gasteiger partial charge in [0, 0.05) is 0 Å². The summed E-state index contributed by atoms with van der Waals surface area (Å²) in [6.07, 6.45) is 0. The van der Waals surface area contributed by atoms with Gasteiger partial charge in [0.2, 0.25) is 5.13 Å². The lowest BCUT2D eigenvalue weighted by Crippen LogP contribution is -2.29. The molecule has 1 aliphatic rings. The van der Waals surface area contributed by atoms with Crippen LogP contribution in [-0.2, 0) is 16.6 Å². The van der Waals surface area contributed by atoms with Crippen molar-refractivity contribution in [3.63, 3.8) is 0 Å². The first-order valence-corrected chi connectivity index (χ1v) is 11.5. The minimum absolute atomic E-state index is 0.0183. The van der Waals surface area contributed by atoms with Crippen molar-refractivity contribution < 1.29 is 22.7 Å². The van der Waals surface area contributed by atoms with E-state index in [1.807, 2.05) is 6.92 Å². The number of amides is 2. The van der Waals surface area contributed by atoms with Crippen LogP contribution in [0.1, 0.15) is 36.9 Å². The van der Waals surface area contributed by atoms with Gasteiger partial charge in [0.15, 0.2) is 0 Å². The molecule has 11 heteroatoms. The number of methoxy groups -OCH3 is 1. The summed E-state index contributed by atoms with van der Waals surface area (Å²) in [5, 5.41) is 8.12. The number of nitrogens with one attached hydrogen (secondary N) is 1. The molecule has 0 unspecified atom stereocenters. The van der Waals surface area contributed by atoms with E-state index in [9.17, 15) is 18.0 Å². The van der Waals surface area contributed by atoms with Crippen LogP contribution in [0, 0.1) is 13.8 Å². The number of fused-ring (bicyclic) bond motifs is 1. The number of hydrogen-bond acceptors (Lipinski definition) is 8. The Hall–Kier alpha value is -3.31. The molecule has 4 rings (SSSR count). The van der Waals surface area contributed by atoms with Crippen molar-refractivity contribution in [3.8, 4) is 5.75 Å². The van der Waals surface area contributed by atoms with Gasteiger partial charge in [-0.25, -0.2) is 8.42 Å². The lowest BCUT2D eigenvalue weighted by Gasteiger charge is -2.12. The van der Waals surface area contributed by atoms with Crippen molar-refractivity contribution in [3.05, 3.63) is 63.7 Å². The summed E-state index contributed by atoms with van der Waals surface area (Å²) in [5.74, 6) is -0.623. The second-order valence-corrected chi connectivity index (χ2v) is 9.65. The minimum atomic E-state index is -3.99. The van der Waals surface area contributed by atoms with E-state index in [1.165, 1.54) is 13.2 Å². The van der Waals surface area contributed by atoms with Crippen LogP contribution in [0.3, 0.4) is 0 Å². The van der Waals surface area contributed by atoms with Crippen molar-refractivity contribution in [1.82, 2.24) is 15.1 Å². The van der Waals surface area contributed by atoms with Crippen molar-refractivity contribution in [2.45, 2.75) is 25.3 Å². The molecule has 3 aromatic rings. The minimum Gasteiger partial charge on any atom is -0.495 e. The number of nitrogens with zero attached hydrogens (tertiary/aromatic N) is 3. The zero-order valence-electron chi connectivity index (χ0n) is 16.9. The third-order valence-electron chi connectivity index (χ3n) is 4.93. The first-order valence-electron chi connectivity index (χ1n) is 9.17. The SMILES string of the molecule is COc1cc(C)c(C)cc1S(=O)(=O)Nc1nnc(CN2C(=O)c3ccccc3C2=O)s1. The molecule has 0 aliphatic carbocycles. The predicted octanol–water partition coefficient (Wildman–Crippen LogP) is 2.76. The van der Waals surface area contributed by atoms with Crippen molar-refractivity contribution in [1.29, 1.82) is 0 Å². The van der Waals surface area contributed by atoms with E-state index in [0.717, 1.165) is 27.4 Å². The fourth-order valence-corrected chi connectivity index (χ4v) is 5.38. The van der Waals surface area contributed by atoms with E-state index in [1.54, 1.807) is 37.3 Å². The smallest absolute Gasteiger partial charge is 0.267 e. The number of benzene rings is 2. The van der Waals surface area contributed by atoms with Crippen LogP contribution in [-0.4, -0.2) is 42.4 Å². The van der Waals surface area contributed by atoms with Gasteiger partial charge >= 0.3 is 0 Å². The quantitative estimate of drug-likeness (QED) is 0.564. The number of hydrogen-bond donors (Lipinski definition) is 1. The zero-order valence-corrected chi connectivity index (χ0v) is 18.5. The lowest BCUT2D eigenvalue weighted by molar-refractivity contribution is 0.0642. The van der Waals surface area contributed by atoms with Crippen molar-refractivity contribution in [2.24, 2.45) is 0 Å². The first-order chi connectivity index (χ1) is 14.7. The molecule has 1 N–H and O–H groups in total. The van der Waals surface area contributed by atoms with Crippen LogP contribution in [0.2, 0.25) is 0 Å². The molecule has 2 amide bonds. The number of aromatic nitrogens is 2. The molecule has 2 aromatic carbocycles. The van der Waals surface area contributed by atoms with Gasteiger partial charge in [-0.2, -0.15) is 0 Å². The molecule has 0 saturated carbocycles. The topological polar surface area (TPSA) is 119 Å². The second-order valence-electron chi connectivity index (χ2n) is 6.94. The maximum atomic E-state index is 12.9. The fraction of sp³-hybridized carbons (Fsp3) is 0.200. The maximum Gasteiger partial charge on any atom is 0.267 e. The predicted molar refractivity (Wildman–Crippen MR) is 114 cm³/mol. The fourth-order valence-electron chi connectivity index (χ4n) is 3.18. The normalized spacial score (nSPS) is 13.5. The van der Waals surface area contributed by atoms with Crippen LogP contribution in [0.25, 0.3) is 0 Å². The monoisotopic (exact) mass is 458 g/mol. The summed E-state index contributed by atoms with van der Waals surface area (Å²) in [5.41, 5.74) is 2.36. The van der Waals surface area contributed by atoms with E-state index in [4.69, 9.17) is 4.74 Å². The zero-order chi connectivity index (χ0) is 22.3. The van der Waals surface area contributed by atoms with Crippen LogP contribution >= 0.6 is 11.3 Å². The van der Waals surface area contributed by atoms with Crippen LogP contribution < -0.4 is 9.46 Å². The summed E-state index contributed by atoms with van der Waals surface area (Å²) >= 11 is 0.945. The summed E-state index contributed by atoms with van der Waals surface area (Å²) in [6, 6.07) is 9.73. The standard InChI is InChI=1S/C20H18N4O5S2/c1-11-8-15(29-3)16(9-12(11)2)31(27,28)23-20-22-21-17(30-20)10-24-18(25)13-6-4-5-7-14(13)19(24)26/h4-9H,10H2,1-3H3,(H,22,23). The number of aryl methyl sites for hydroxylation is 2. The molecule has 31 heavy (non-hydrogen) atoms. The second kappa shape index (κ2) is 7.75. The number of rotatable bonds is 6. The van der Waals surface area contributed by atoms with E-state index in [0.29, 0.717) is 16.1 Å². The van der Waals surface area contributed by atoms with Gasteiger partial charge < -0.3 is 4.74 Å². The molecule has 160 valence electrons. The third-order valence-corrected chi connectivity index (χ3v) is 7.24. The lowest BCUT2D eigenvalue weighted by atomic mass is 10.1. The number of imide groups is 1. The highest BCUT2D eigenvalue weighted by Crippen LogP contribution is 2.30. The third kappa shape index (κ3) is 3.77. The number of ether oxygens (including phenoxy) is 1. The van der Waals surface area contributed by atoms with E-state index in [-0.39, 0.29) is 22.3 Å². The Morgan fingerprint density at radius 1 is 1.03 bits per heavy atom. The number of anilines is 1. The molecule has 0 radical (unpaired) electrons. The number of carbonyl (C=O) groups is 2. The highest BCUT2D eigenvalue weighted by atomic mass is 32.2. The largest absolute Gasteiger partial charge is 0.495 e. The van der Waals surface area contributed by atoms with Gasteiger partial charge in [-0.15, -0.1) is 10.2 Å². The number of carbonyl (C=O) groups excluding carboxylic acids is 2. The highest BCUT2D eigenvalue weighted by molar-refractivity contribution is 7.93. The van der Waals surface area contributed by atoms with Gasteiger partial charge in [-0.1, -0.05) is 23.5 Å². The van der Waals surface area contributed by atoms with Gasteiger partial charge in [0.05, 0.1) is 24.8 Å². The molecule has 1 aliphatic heterocycles. The molecule has 0 bridgehead atoms. The average Bonchev–Trinajstić information content (AvgIpc) is 3.27. The highest BCUT2D eigenvalue weighted by Gasteiger charge is 2.35. The Labute approximate surface area is 182 Å². The van der Waals surface area contributed by atoms with Crippen LogP contribution in [0.4, 0.5) is 5.13 Å². The Morgan fingerprint density at radius 2 is 1.65 bits per heavy atom. The first kappa shape index (κ1) is 20.9. The summed E-state index contributed by atoms with van der Waals surface area (Å²) in [7, 11) is -2.59. The Kier molecular flexibility index (Phi) is 5.23. The Bertz CT molecular complexity index is 1280. The molecule has 0 spiro atoms. The van der Waals surface area contributed by atoms with Crippen molar-refractivity contribution >= 4 is 38.3 Å². The molecule has 0 fully saturated rings. The molecule has 9 nitrogen and oxygen atoms in total. The summed E-state index contributed by atoms with van der Waals surface area (Å²) in [4.78, 5) is 26.0. The maximum absolute atomic E-state index is 12.9. The average molecular weight is 459 g/mol. The van der Waals surface area contributed by atoms with Gasteiger partial charge in [-0.05, 0) is 49.2 Å². The molecule has 0 atom stereocenters. The molecule has 1 aromatic heterocycles. The summed E-state index contributed by atoms with van der Waals surface area (Å²) < 4.78 is 33.4. The van der Waals surface area contributed by atoms with Crippen LogP contribution in [0.5, 0.6) is 5.75 Å². The molecule has 0 saturated heterocycles. The van der Waals surface area contributed by atoms with E-state index >= 15 is 0 Å². The number of sulfonamides is 1. The van der Waals surface area contributed by atoms with E-state index < -0.39 is 21.8 Å². The molecule has 2 heterocycles. The Morgan fingerprint density at radius 3 is 2.26 bits per heavy atom. The van der Waals surface area contributed by atoms with E-state index in [2.05, 4.69) is 14.9 Å². The van der Waals surface area contributed by atoms with Crippen LogP contribution in [0.15, 0.2) is 41.3 Å².